The summed E-state index contributed by atoms with van der Waals surface area (Å²) in [6, 6.07) is 9.55. The molecule has 0 saturated carbocycles. The van der Waals surface area contributed by atoms with Gasteiger partial charge in [-0.15, -0.1) is 0 Å². The average Bonchev–Trinajstić information content (AvgIpc) is 3.29. The molecule has 1 fully saturated rings. The molecule has 3 aromatic rings. The Hall–Kier alpha value is -3.88. The second-order valence-corrected chi connectivity index (χ2v) is 7.72. The molecule has 0 bridgehead atoms. The van der Waals surface area contributed by atoms with E-state index in [1.807, 2.05) is 6.07 Å². The molecule has 1 aliphatic heterocycles. The smallest absolute Gasteiger partial charge is 0.231 e. The zero-order chi connectivity index (χ0) is 23.4. The number of halogens is 1. The number of carbonyl (C=O) groups excluding carboxylic acids is 1. The SMILES string of the molecule is CNc1nccc(-c2[nH]c(C3OCC(C)(C(=O)NCC#N)CO3)nc2-c2ccc(F)cc2)n1. The average molecular weight is 451 g/mol. The lowest BCUT2D eigenvalue weighted by Crippen LogP contribution is -2.48. The zero-order valence-electron chi connectivity index (χ0n) is 18.1. The first-order valence-electron chi connectivity index (χ1n) is 10.2. The van der Waals surface area contributed by atoms with Gasteiger partial charge >= 0.3 is 0 Å². The minimum absolute atomic E-state index is 0.0776. The molecule has 3 heterocycles. The van der Waals surface area contributed by atoms with Crippen molar-refractivity contribution < 1.29 is 18.7 Å². The van der Waals surface area contributed by atoms with Crippen molar-refractivity contribution in [2.24, 2.45) is 5.41 Å². The molecule has 0 aliphatic carbocycles. The lowest BCUT2D eigenvalue weighted by Gasteiger charge is -2.35. The molecule has 2 aromatic heterocycles. The van der Waals surface area contributed by atoms with Gasteiger partial charge in [-0.25, -0.2) is 19.3 Å². The molecule has 0 atom stereocenters. The number of imidazole rings is 1. The van der Waals surface area contributed by atoms with E-state index in [0.29, 0.717) is 34.4 Å². The van der Waals surface area contributed by atoms with E-state index < -0.39 is 11.7 Å². The number of rotatable bonds is 6. The summed E-state index contributed by atoms with van der Waals surface area (Å²) in [4.78, 5) is 28.8. The Kier molecular flexibility index (Phi) is 6.30. The number of nitriles is 1. The number of hydrogen-bond acceptors (Lipinski definition) is 8. The van der Waals surface area contributed by atoms with Gasteiger partial charge in [0.15, 0.2) is 5.82 Å². The van der Waals surface area contributed by atoms with E-state index in [-0.39, 0.29) is 31.5 Å². The monoisotopic (exact) mass is 451 g/mol. The molecule has 1 aliphatic rings. The van der Waals surface area contributed by atoms with Crippen molar-refractivity contribution in [1.29, 1.82) is 5.26 Å². The van der Waals surface area contributed by atoms with Gasteiger partial charge in [-0.2, -0.15) is 5.26 Å². The molecule has 1 aromatic carbocycles. The third kappa shape index (κ3) is 4.67. The third-order valence-electron chi connectivity index (χ3n) is 5.18. The summed E-state index contributed by atoms with van der Waals surface area (Å²) in [6.07, 6.45) is 0.766. The van der Waals surface area contributed by atoms with Gasteiger partial charge in [0.05, 0.1) is 41.8 Å². The van der Waals surface area contributed by atoms with E-state index in [9.17, 15) is 9.18 Å². The number of aromatic amines is 1. The van der Waals surface area contributed by atoms with Gasteiger partial charge in [0.1, 0.15) is 12.4 Å². The molecule has 10 nitrogen and oxygen atoms in total. The summed E-state index contributed by atoms with van der Waals surface area (Å²) in [5, 5.41) is 14.1. The lowest BCUT2D eigenvalue weighted by atomic mass is 9.91. The fourth-order valence-corrected chi connectivity index (χ4v) is 3.35. The number of benzene rings is 1. The van der Waals surface area contributed by atoms with Gasteiger partial charge in [-0.1, -0.05) is 0 Å². The normalized spacial score (nSPS) is 20.1. The Morgan fingerprint density at radius 2 is 2.00 bits per heavy atom. The summed E-state index contributed by atoms with van der Waals surface area (Å²) in [5.74, 6) is 0.130. The van der Waals surface area contributed by atoms with Gasteiger partial charge in [0, 0.05) is 18.8 Å². The highest BCUT2D eigenvalue weighted by Crippen LogP contribution is 2.35. The van der Waals surface area contributed by atoms with E-state index in [1.165, 1.54) is 12.1 Å². The number of hydrogen-bond donors (Lipinski definition) is 3. The Morgan fingerprint density at radius 3 is 2.67 bits per heavy atom. The third-order valence-corrected chi connectivity index (χ3v) is 5.18. The van der Waals surface area contributed by atoms with E-state index in [0.717, 1.165) is 0 Å². The number of anilines is 1. The highest BCUT2D eigenvalue weighted by Gasteiger charge is 2.40. The number of ether oxygens (including phenoxy) is 2. The van der Waals surface area contributed by atoms with Crippen molar-refractivity contribution in [2.75, 3.05) is 32.1 Å². The lowest BCUT2D eigenvalue weighted by molar-refractivity contribution is -0.230. The molecule has 33 heavy (non-hydrogen) atoms. The first kappa shape index (κ1) is 22.3. The van der Waals surface area contributed by atoms with Crippen LogP contribution in [-0.2, 0) is 14.3 Å². The van der Waals surface area contributed by atoms with Crippen molar-refractivity contribution in [2.45, 2.75) is 13.2 Å². The number of nitrogens with zero attached hydrogens (tertiary/aromatic N) is 4. The highest BCUT2D eigenvalue weighted by atomic mass is 19.1. The van der Waals surface area contributed by atoms with Crippen LogP contribution in [0, 0.1) is 22.6 Å². The van der Waals surface area contributed by atoms with Crippen LogP contribution in [0.5, 0.6) is 0 Å². The summed E-state index contributed by atoms with van der Waals surface area (Å²) < 4.78 is 25.1. The molecule has 0 spiro atoms. The quantitative estimate of drug-likeness (QED) is 0.486. The molecule has 0 unspecified atom stereocenters. The van der Waals surface area contributed by atoms with Gasteiger partial charge in [-0.3, -0.25) is 4.79 Å². The predicted octanol–water partition coefficient (Wildman–Crippen LogP) is 2.41. The standard InChI is InChI=1S/C22H22FN7O3/c1-22(20(31)26-10-8-24)11-32-19(33-12-22)18-29-16(13-3-5-14(23)6-4-13)17(30-18)15-7-9-27-21(25-2)28-15/h3-7,9,19H,10-12H2,1-2H3,(H,26,31)(H,29,30)(H,25,27,28). The molecule has 1 amide bonds. The largest absolute Gasteiger partial charge is 0.357 e. The molecule has 3 N–H and O–H groups in total. The Labute approximate surface area is 189 Å². The molecule has 0 radical (unpaired) electrons. The highest BCUT2D eigenvalue weighted by molar-refractivity contribution is 5.82. The maximum absolute atomic E-state index is 13.5. The van der Waals surface area contributed by atoms with Crippen LogP contribution in [0.4, 0.5) is 10.3 Å². The van der Waals surface area contributed by atoms with Crippen LogP contribution in [-0.4, -0.2) is 52.6 Å². The molecule has 1 saturated heterocycles. The number of aromatic nitrogens is 4. The van der Waals surface area contributed by atoms with Crippen LogP contribution in [0.1, 0.15) is 19.0 Å². The second kappa shape index (κ2) is 9.32. The van der Waals surface area contributed by atoms with Gasteiger partial charge in [-0.05, 0) is 37.3 Å². The first-order chi connectivity index (χ1) is 15.9. The van der Waals surface area contributed by atoms with Crippen LogP contribution < -0.4 is 10.6 Å². The van der Waals surface area contributed by atoms with E-state index in [2.05, 4.69) is 30.6 Å². The fraction of sp³-hybridized carbons (Fsp3) is 0.318. The maximum atomic E-state index is 13.5. The van der Waals surface area contributed by atoms with E-state index in [4.69, 9.17) is 14.7 Å². The van der Waals surface area contributed by atoms with E-state index >= 15 is 0 Å². The van der Waals surface area contributed by atoms with Gasteiger partial charge in [0.2, 0.25) is 18.1 Å². The minimum Gasteiger partial charge on any atom is -0.357 e. The van der Waals surface area contributed by atoms with Crippen LogP contribution >= 0.6 is 0 Å². The fourth-order valence-electron chi connectivity index (χ4n) is 3.35. The van der Waals surface area contributed by atoms with Crippen molar-refractivity contribution >= 4 is 11.9 Å². The van der Waals surface area contributed by atoms with Crippen molar-refractivity contribution in [1.82, 2.24) is 25.3 Å². The van der Waals surface area contributed by atoms with Crippen molar-refractivity contribution in [3.05, 3.63) is 48.2 Å². The molecule has 11 heteroatoms. The summed E-state index contributed by atoms with van der Waals surface area (Å²) in [5.41, 5.74) is 1.44. The number of carbonyl (C=O) groups is 1. The topological polar surface area (TPSA) is 138 Å². The Balaban J connectivity index is 1.64. The van der Waals surface area contributed by atoms with Crippen molar-refractivity contribution in [3.63, 3.8) is 0 Å². The molecular formula is C22H22FN7O3. The summed E-state index contributed by atoms with van der Waals surface area (Å²) >= 11 is 0. The summed E-state index contributed by atoms with van der Waals surface area (Å²) in [7, 11) is 1.71. The Bertz CT molecular complexity index is 1180. The molecular weight excluding hydrogens is 429 g/mol. The van der Waals surface area contributed by atoms with Crippen molar-refractivity contribution in [3.8, 4) is 28.7 Å². The van der Waals surface area contributed by atoms with Crippen LogP contribution in [0.3, 0.4) is 0 Å². The first-order valence-corrected chi connectivity index (χ1v) is 10.2. The van der Waals surface area contributed by atoms with Gasteiger partial charge < -0.3 is 25.1 Å². The zero-order valence-corrected chi connectivity index (χ0v) is 18.1. The number of H-pyrrole nitrogens is 1. The van der Waals surface area contributed by atoms with E-state index in [1.54, 1.807) is 38.4 Å². The van der Waals surface area contributed by atoms with Gasteiger partial charge in [0.25, 0.3) is 0 Å². The number of nitrogens with one attached hydrogen (secondary N) is 3. The van der Waals surface area contributed by atoms with Crippen LogP contribution in [0.25, 0.3) is 22.6 Å². The predicted molar refractivity (Wildman–Crippen MR) is 116 cm³/mol. The second-order valence-electron chi connectivity index (χ2n) is 7.72. The van der Waals surface area contributed by atoms with Crippen LogP contribution in [0.15, 0.2) is 36.5 Å². The Morgan fingerprint density at radius 1 is 1.27 bits per heavy atom. The van der Waals surface area contributed by atoms with Crippen LogP contribution in [0.2, 0.25) is 0 Å². The maximum Gasteiger partial charge on any atom is 0.231 e. The summed E-state index contributed by atoms with van der Waals surface area (Å²) in [6.45, 7) is 1.77. The minimum atomic E-state index is -0.934. The molecule has 4 rings (SSSR count). The number of amides is 1. The molecule has 170 valence electrons.